The van der Waals surface area contributed by atoms with Crippen LogP contribution in [0.15, 0.2) is 54.2 Å². The van der Waals surface area contributed by atoms with Crippen molar-refractivity contribution in [3.63, 3.8) is 0 Å². The van der Waals surface area contributed by atoms with Gasteiger partial charge in [0, 0.05) is 29.8 Å². The van der Waals surface area contributed by atoms with Gasteiger partial charge in [0.05, 0.1) is 23.0 Å². The largest absolute Gasteiger partial charge is 0.491 e. The Bertz CT molecular complexity index is 728. The van der Waals surface area contributed by atoms with E-state index in [0.29, 0.717) is 12.3 Å². The lowest BCUT2D eigenvalue weighted by Gasteiger charge is -2.07. The first-order valence-electron chi connectivity index (χ1n) is 7.15. The Kier molecular flexibility index (Phi) is 4.65. The Morgan fingerprint density at radius 3 is 2.73 bits per heavy atom. The number of benzene rings is 1. The van der Waals surface area contributed by atoms with E-state index >= 15 is 0 Å². The fourth-order valence-corrected chi connectivity index (χ4v) is 2.95. The second-order valence-corrected chi connectivity index (χ2v) is 5.79. The predicted molar refractivity (Wildman–Crippen MR) is 90.0 cm³/mol. The molecule has 2 aromatic heterocycles. The summed E-state index contributed by atoms with van der Waals surface area (Å²) in [5, 5.41) is 3.21. The number of hydrogen-bond donors (Lipinski definition) is 1. The molecule has 0 spiro atoms. The monoisotopic (exact) mass is 311 g/mol. The first-order valence-corrected chi connectivity index (χ1v) is 8.03. The summed E-state index contributed by atoms with van der Waals surface area (Å²) >= 11 is 1.68. The zero-order valence-electron chi connectivity index (χ0n) is 12.1. The number of thiazole rings is 1. The van der Waals surface area contributed by atoms with Gasteiger partial charge < -0.3 is 10.5 Å². The molecule has 0 atom stereocenters. The van der Waals surface area contributed by atoms with Gasteiger partial charge in [-0.1, -0.05) is 12.1 Å². The zero-order valence-corrected chi connectivity index (χ0v) is 12.9. The van der Waals surface area contributed by atoms with Crippen LogP contribution < -0.4 is 10.5 Å². The highest BCUT2D eigenvalue weighted by Crippen LogP contribution is 2.23. The minimum absolute atomic E-state index is 0.637. The number of aryl methyl sites for hydroxylation is 1. The van der Waals surface area contributed by atoms with Gasteiger partial charge in [0.1, 0.15) is 5.75 Å². The molecule has 0 aliphatic rings. The molecule has 0 fully saturated rings. The molecule has 5 heteroatoms. The molecule has 0 radical (unpaired) electrons. The number of pyridine rings is 1. The molecule has 2 heterocycles. The summed E-state index contributed by atoms with van der Waals surface area (Å²) < 4.78 is 5.69. The number of nitrogens with zero attached hydrogens (tertiary/aromatic N) is 2. The maximum atomic E-state index is 5.84. The number of hydrogen-bond acceptors (Lipinski definition) is 5. The van der Waals surface area contributed by atoms with Crippen LogP contribution in [0.2, 0.25) is 0 Å². The van der Waals surface area contributed by atoms with Gasteiger partial charge in [0.15, 0.2) is 0 Å². The highest BCUT2D eigenvalue weighted by Gasteiger charge is 2.05. The van der Waals surface area contributed by atoms with E-state index in [-0.39, 0.29) is 0 Å². The number of anilines is 1. The molecule has 0 amide bonds. The summed E-state index contributed by atoms with van der Waals surface area (Å²) in [5.41, 5.74) is 8.63. The first kappa shape index (κ1) is 14.5. The Hall–Kier alpha value is -2.40. The molecule has 0 saturated heterocycles. The van der Waals surface area contributed by atoms with Gasteiger partial charge in [0.2, 0.25) is 0 Å². The van der Waals surface area contributed by atoms with E-state index in [1.165, 1.54) is 0 Å². The van der Waals surface area contributed by atoms with Gasteiger partial charge in [-0.15, -0.1) is 11.3 Å². The van der Waals surface area contributed by atoms with Gasteiger partial charge >= 0.3 is 0 Å². The fourth-order valence-electron chi connectivity index (χ4n) is 2.10. The Morgan fingerprint density at radius 2 is 1.91 bits per heavy atom. The third-order valence-electron chi connectivity index (χ3n) is 3.24. The minimum Gasteiger partial charge on any atom is -0.491 e. The van der Waals surface area contributed by atoms with E-state index < -0.39 is 0 Å². The van der Waals surface area contributed by atoms with Gasteiger partial charge in [-0.05, 0) is 30.7 Å². The topological polar surface area (TPSA) is 61.0 Å². The standard InChI is InChI=1S/C17H17N3OS/c18-14-4-1-2-5-16(14)21-11-3-6-17-20-15(12-22-17)13-7-9-19-10-8-13/h1-2,4-5,7-10,12H,3,6,11,18H2. The number of para-hydroxylation sites is 2. The van der Waals surface area contributed by atoms with Crippen LogP contribution in [0.25, 0.3) is 11.3 Å². The molecular formula is C17H17N3OS. The van der Waals surface area contributed by atoms with Crippen LogP contribution in [0.5, 0.6) is 5.75 Å². The van der Waals surface area contributed by atoms with Gasteiger partial charge in [-0.3, -0.25) is 4.98 Å². The van der Waals surface area contributed by atoms with Crippen LogP contribution in [0, 0.1) is 0 Å². The lowest BCUT2D eigenvalue weighted by Crippen LogP contribution is -2.01. The van der Waals surface area contributed by atoms with Crippen LogP contribution in [0.1, 0.15) is 11.4 Å². The molecule has 0 aliphatic heterocycles. The molecule has 1 aromatic carbocycles. The summed E-state index contributed by atoms with van der Waals surface area (Å²) in [6.07, 6.45) is 5.39. The van der Waals surface area contributed by atoms with Gasteiger partial charge in [0.25, 0.3) is 0 Å². The Balaban J connectivity index is 1.51. The van der Waals surface area contributed by atoms with Crippen molar-refractivity contribution in [2.45, 2.75) is 12.8 Å². The summed E-state index contributed by atoms with van der Waals surface area (Å²) in [4.78, 5) is 8.68. The molecule has 112 valence electrons. The summed E-state index contributed by atoms with van der Waals surface area (Å²) in [5.74, 6) is 0.749. The number of ether oxygens (including phenoxy) is 1. The third kappa shape index (κ3) is 3.62. The highest BCUT2D eigenvalue weighted by atomic mass is 32.1. The molecule has 0 saturated carbocycles. The van der Waals surface area contributed by atoms with Gasteiger partial charge in [-0.25, -0.2) is 4.98 Å². The normalized spacial score (nSPS) is 10.5. The second kappa shape index (κ2) is 7.04. The molecule has 0 aliphatic carbocycles. The van der Waals surface area contributed by atoms with E-state index in [9.17, 15) is 0 Å². The Labute approximate surface area is 133 Å². The summed E-state index contributed by atoms with van der Waals surface area (Å²) in [7, 11) is 0. The maximum absolute atomic E-state index is 5.84. The van der Waals surface area contributed by atoms with Crippen LogP contribution in [0.3, 0.4) is 0 Å². The van der Waals surface area contributed by atoms with Crippen molar-refractivity contribution in [3.05, 3.63) is 59.2 Å². The van der Waals surface area contributed by atoms with Crippen LogP contribution >= 0.6 is 11.3 Å². The Morgan fingerprint density at radius 1 is 1.09 bits per heavy atom. The van der Waals surface area contributed by atoms with Crippen molar-refractivity contribution in [3.8, 4) is 17.0 Å². The molecule has 3 aromatic rings. The summed E-state index contributed by atoms with van der Waals surface area (Å²) in [6, 6.07) is 11.5. The van der Waals surface area contributed by atoms with E-state index in [1.54, 1.807) is 23.7 Å². The van der Waals surface area contributed by atoms with Crippen molar-refractivity contribution in [2.24, 2.45) is 0 Å². The number of rotatable bonds is 6. The average Bonchev–Trinajstić information content (AvgIpc) is 3.03. The van der Waals surface area contributed by atoms with E-state index in [1.807, 2.05) is 36.4 Å². The molecular weight excluding hydrogens is 294 g/mol. The lowest BCUT2D eigenvalue weighted by molar-refractivity contribution is 0.312. The van der Waals surface area contributed by atoms with Crippen LogP contribution in [-0.2, 0) is 6.42 Å². The second-order valence-electron chi connectivity index (χ2n) is 4.85. The minimum atomic E-state index is 0.637. The summed E-state index contributed by atoms with van der Waals surface area (Å²) in [6.45, 7) is 0.637. The zero-order chi connectivity index (χ0) is 15.2. The lowest BCUT2D eigenvalue weighted by atomic mass is 10.2. The van der Waals surface area contributed by atoms with Crippen molar-refractivity contribution in [2.75, 3.05) is 12.3 Å². The molecule has 0 unspecified atom stereocenters. The van der Waals surface area contributed by atoms with Crippen LogP contribution in [-0.4, -0.2) is 16.6 Å². The average molecular weight is 311 g/mol. The van der Waals surface area contributed by atoms with E-state index in [2.05, 4.69) is 15.3 Å². The van der Waals surface area contributed by atoms with Crippen molar-refractivity contribution in [1.82, 2.24) is 9.97 Å². The molecule has 0 bridgehead atoms. The smallest absolute Gasteiger partial charge is 0.142 e. The van der Waals surface area contributed by atoms with Crippen molar-refractivity contribution < 1.29 is 4.74 Å². The molecule has 22 heavy (non-hydrogen) atoms. The van der Waals surface area contributed by atoms with E-state index in [4.69, 9.17) is 10.5 Å². The molecule has 3 rings (SSSR count). The van der Waals surface area contributed by atoms with Crippen molar-refractivity contribution >= 4 is 17.0 Å². The first-order chi connectivity index (χ1) is 10.8. The maximum Gasteiger partial charge on any atom is 0.142 e. The number of nitrogen functional groups attached to an aromatic ring is 1. The SMILES string of the molecule is Nc1ccccc1OCCCc1nc(-c2ccncc2)cs1. The molecule has 4 nitrogen and oxygen atoms in total. The fraction of sp³-hybridized carbons (Fsp3) is 0.176. The number of nitrogens with two attached hydrogens (primary N) is 1. The highest BCUT2D eigenvalue weighted by molar-refractivity contribution is 7.09. The number of aromatic nitrogens is 2. The molecule has 2 N–H and O–H groups in total. The quantitative estimate of drug-likeness (QED) is 0.555. The predicted octanol–water partition coefficient (Wildman–Crippen LogP) is 3.80. The third-order valence-corrected chi connectivity index (χ3v) is 4.15. The van der Waals surface area contributed by atoms with Gasteiger partial charge in [-0.2, -0.15) is 0 Å². The van der Waals surface area contributed by atoms with E-state index in [0.717, 1.165) is 34.9 Å². The van der Waals surface area contributed by atoms with Crippen molar-refractivity contribution in [1.29, 1.82) is 0 Å². The van der Waals surface area contributed by atoms with Crippen LogP contribution in [0.4, 0.5) is 5.69 Å².